The van der Waals surface area contributed by atoms with E-state index >= 15 is 0 Å². The van der Waals surface area contributed by atoms with Crippen molar-refractivity contribution in [1.29, 1.82) is 0 Å². The molecule has 1 aromatic rings. The Balaban J connectivity index is 1.18. The van der Waals surface area contributed by atoms with Gasteiger partial charge in [0.25, 0.3) is 0 Å². The molecule has 1 aromatic carbocycles. The molecule has 4 rings (SSSR count). The van der Waals surface area contributed by atoms with Gasteiger partial charge in [0.2, 0.25) is 5.91 Å². The molecule has 0 spiro atoms. The van der Waals surface area contributed by atoms with Crippen LogP contribution in [0.4, 0.5) is 0 Å². The van der Waals surface area contributed by atoms with Crippen LogP contribution >= 0.6 is 0 Å². The van der Waals surface area contributed by atoms with Crippen LogP contribution in [0.15, 0.2) is 30.3 Å². The van der Waals surface area contributed by atoms with Gasteiger partial charge in [0.15, 0.2) is 0 Å². The minimum absolute atomic E-state index is 0.284. The minimum Gasteiger partial charge on any atom is -0.356 e. The Kier molecular flexibility index (Phi) is 6.46. The topological polar surface area (TPSA) is 44.4 Å². The molecule has 4 nitrogen and oxygen atoms in total. The molecular formula is C23H35N3O. The lowest BCUT2D eigenvalue weighted by Gasteiger charge is -2.34. The van der Waals surface area contributed by atoms with Crippen LogP contribution < -0.4 is 10.6 Å². The first-order valence-electron chi connectivity index (χ1n) is 11.1. The second-order valence-electron chi connectivity index (χ2n) is 8.87. The fourth-order valence-electron chi connectivity index (χ4n) is 5.19. The van der Waals surface area contributed by atoms with Gasteiger partial charge in [-0.25, -0.2) is 0 Å². The van der Waals surface area contributed by atoms with Crippen molar-refractivity contribution in [3.63, 3.8) is 0 Å². The van der Waals surface area contributed by atoms with Gasteiger partial charge in [-0.15, -0.1) is 0 Å². The molecule has 0 bridgehead atoms. The van der Waals surface area contributed by atoms with Crippen molar-refractivity contribution in [3.8, 4) is 0 Å². The summed E-state index contributed by atoms with van der Waals surface area (Å²) in [6.45, 7) is 5.43. The zero-order valence-electron chi connectivity index (χ0n) is 16.5. The monoisotopic (exact) mass is 369 g/mol. The molecule has 3 unspecified atom stereocenters. The summed E-state index contributed by atoms with van der Waals surface area (Å²) in [6, 6.07) is 11.5. The Hall–Kier alpha value is -1.39. The van der Waals surface area contributed by atoms with Crippen molar-refractivity contribution in [2.75, 3.05) is 26.2 Å². The SMILES string of the molecule is O=C(NCCCNC1CCCC2CN(Cc3ccccc3)CC21)C1CCC1. The predicted octanol–water partition coefficient (Wildman–Crippen LogP) is 3.18. The van der Waals surface area contributed by atoms with Crippen LogP contribution in [0, 0.1) is 17.8 Å². The molecule has 3 atom stereocenters. The summed E-state index contributed by atoms with van der Waals surface area (Å²) in [7, 11) is 0. The van der Waals surface area contributed by atoms with Crippen LogP contribution in [-0.2, 0) is 11.3 Å². The Morgan fingerprint density at radius 3 is 2.59 bits per heavy atom. The molecule has 1 aliphatic heterocycles. The van der Waals surface area contributed by atoms with Crippen LogP contribution in [0.25, 0.3) is 0 Å². The fraction of sp³-hybridized carbons (Fsp3) is 0.696. The Morgan fingerprint density at radius 1 is 1.00 bits per heavy atom. The lowest BCUT2D eigenvalue weighted by molar-refractivity contribution is -0.127. The zero-order valence-corrected chi connectivity index (χ0v) is 16.5. The van der Waals surface area contributed by atoms with Crippen molar-refractivity contribution < 1.29 is 4.79 Å². The van der Waals surface area contributed by atoms with E-state index < -0.39 is 0 Å². The molecule has 1 saturated heterocycles. The molecule has 2 N–H and O–H groups in total. The highest BCUT2D eigenvalue weighted by Crippen LogP contribution is 2.37. The van der Waals surface area contributed by atoms with Gasteiger partial charge in [0.1, 0.15) is 0 Å². The van der Waals surface area contributed by atoms with Gasteiger partial charge in [-0.1, -0.05) is 43.2 Å². The number of nitrogens with one attached hydrogen (secondary N) is 2. The van der Waals surface area contributed by atoms with Crippen LogP contribution in [-0.4, -0.2) is 43.0 Å². The summed E-state index contributed by atoms with van der Waals surface area (Å²) in [6.07, 6.45) is 8.52. The van der Waals surface area contributed by atoms with Gasteiger partial charge in [0.05, 0.1) is 0 Å². The molecule has 1 heterocycles. The second-order valence-corrected chi connectivity index (χ2v) is 8.87. The molecule has 3 aliphatic rings. The number of carbonyl (C=O) groups excluding carboxylic acids is 1. The summed E-state index contributed by atoms with van der Waals surface area (Å²) >= 11 is 0. The second kappa shape index (κ2) is 9.20. The standard InChI is InChI=1S/C23H35N3O/c27-23(19-9-4-10-19)25-14-6-13-24-22-12-5-11-20-16-26(17-21(20)22)15-18-7-2-1-3-8-18/h1-3,7-8,19-22,24H,4-6,9-17H2,(H,25,27). The van der Waals surface area contributed by atoms with Crippen LogP contribution in [0.3, 0.4) is 0 Å². The van der Waals surface area contributed by atoms with E-state index in [0.717, 1.165) is 50.7 Å². The maximum Gasteiger partial charge on any atom is 0.223 e. The molecule has 0 radical (unpaired) electrons. The number of likely N-dealkylation sites (tertiary alicyclic amines) is 1. The van der Waals surface area contributed by atoms with Gasteiger partial charge in [0, 0.05) is 38.1 Å². The van der Waals surface area contributed by atoms with Crippen molar-refractivity contribution >= 4 is 5.91 Å². The number of hydrogen-bond donors (Lipinski definition) is 2. The van der Waals surface area contributed by atoms with E-state index in [0.29, 0.717) is 12.0 Å². The first kappa shape index (κ1) is 18.9. The number of rotatable bonds is 8. The van der Waals surface area contributed by atoms with Gasteiger partial charge >= 0.3 is 0 Å². The highest BCUT2D eigenvalue weighted by Gasteiger charge is 2.39. The first-order chi connectivity index (χ1) is 13.3. The van der Waals surface area contributed by atoms with E-state index in [9.17, 15) is 4.79 Å². The minimum atomic E-state index is 0.284. The Labute approximate surface area is 164 Å². The van der Waals surface area contributed by atoms with Crippen molar-refractivity contribution in [2.45, 2.75) is 57.5 Å². The Bertz CT molecular complexity index is 601. The highest BCUT2D eigenvalue weighted by molar-refractivity contribution is 5.79. The number of hydrogen-bond acceptors (Lipinski definition) is 3. The number of nitrogens with zero attached hydrogens (tertiary/aromatic N) is 1. The highest BCUT2D eigenvalue weighted by atomic mass is 16.1. The van der Waals surface area contributed by atoms with Crippen LogP contribution in [0.5, 0.6) is 0 Å². The van der Waals surface area contributed by atoms with Gasteiger partial charge in [-0.2, -0.15) is 0 Å². The third kappa shape index (κ3) is 4.91. The molecule has 148 valence electrons. The molecule has 3 fully saturated rings. The van der Waals surface area contributed by atoms with Crippen molar-refractivity contribution in [2.24, 2.45) is 17.8 Å². The van der Waals surface area contributed by atoms with Gasteiger partial charge < -0.3 is 10.6 Å². The molecular weight excluding hydrogens is 334 g/mol. The molecule has 0 aromatic heterocycles. The summed E-state index contributed by atoms with van der Waals surface area (Å²) < 4.78 is 0. The van der Waals surface area contributed by atoms with E-state index in [1.807, 2.05) is 0 Å². The summed E-state index contributed by atoms with van der Waals surface area (Å²) in [5.74, 6) is 2.25. The molecule has 1 amide bonds. The number of amides is 1. The van der Waals surface area contributed by atoms with Gasteiger partial charge in [-0.05, 0) is 56.0 Å². The summed E-state index contributed by atoms with van der Waals surface area (Å²) in [5.41, 5.74) is 1.43. The van der Waals surface area contributed by atoms with Crippen molar-refractivity contribution in [3.05, 3.63) is 35.9 Å². The fourth-order valence-corrected chi connectivity index (χ4v) is 5.19. The van der Waals surface area contributed by atoms with E-state index in [1.54, 1.807) is 0 Å². The van der Waals surface area contributed by atoms with E-state index in [-0.39, 0.29) is 5.91 Å². The summed E-state index contributed by atoms with van der Waals surface area (Å²) in [5, 5.41) is 6.95. The van der Waals surface area contributed by atoms with E-state index in [2.05, 4.69) is 45.9 Å². The molecule has 2 aliphatic carbocycles. The maximum atomic E-state index is 11.9. The Morgan fingerprint density at radius 2 is 1.81 bits per heavy atom. The number of carbonyl (C=O) groups is 1. The van der Waals surface area contributed by atoms with Crippen LogP contribution in [0.2, 0.25) is 0 Å². The first-order valence-corrected chi connectivity index (χ1v) is 11.1. The number of benzene rings is 1. The van der Waals surface area contributed by atoms with Crippen LogP contribution in [0.1, 0.15) is 50.5 Å². The average Bonchev–Trinajstić information content (AvgIpc) is 3.04. The largest absolute Gasteiger partial charge is 0.356 e. The third-order valence-corrected chi connectivity index (χ3v) is 6.96. The quantitative estimate of drug-likeness (QED) is 0.692. The lowest BCUT2D eigenvalue weighted by Crippen LogP contribution is -2.43. The van der Waals surface area contributed by atoms with Gasteiger partial charge in [-0.3, -0.25) is 9.69 Å². The predicted molar refractivity (Wildman–Crippen MR) is 109 cm³/mol. The lowest BCUT2D eigenvalue weighted by atomic mass is 9.78. The normalized spacial score (nSPS) is 28.5. The molecule has 27 heavy (non-hydrogen) atoms. The number of fused-ring (bicyclic) bond motifs is 1. The van der Waals surface area contributed by atoms with Crippen molar-refractivity contribution in [1.82, 2.24) is 15.5 Å². The average molecular weight is 370 g/mol. The zero-order chi connectivity index (χ0) is 18.5. The summed E-state index contributed by atoms with van der Waals surface area (Å²) in [4.78, 5) is 14.5. The third-order valence-electron chi connectivity index (χ3n) is 6.96. The van der Waals surface area contributed by atoms with E-state index in [1.165, 1.54) is 44.3 Å². The maximum absolute atomic E-state index is 11.9. The van der Waals surface area contributed by atoms with E-state index in [4.69, 9.17) is 0 Å². The smallest absolute Gasteiger partial charge is 0.223 e. The molecule has 2 saturated carbocycles. The molecule has 4 heteroatoms.